The Morgan fingerprint density at radius 3 is 2.58 bits per heavy atom. The van der Waals surface area contributed by atoms with Gasteiger partial charge in [0, 0.05) is 34.1 Å². The van der Waals surface area contributed by atoms with E-state index >= 15 is 0 Å². The van der Waals surface area contributed by atoms with Crippen LogP contribution in [0.15, 0.2) is 0 Å². The summed E-state index contributed by atoms with van der Waals surface area (Å²) in [6.07, 6.45) is 1.30. The Morgan fingerprint density at radius 1 is 1.53 bits per heavy atom. The number of nitrogens with one attached hydrogen (secondary N) is 1. The van der Waals surface area contributed by atoms with Gasteiger partial charge in [-0.1, -0.05) is 19.6 Å². The predicted molar refractivity (Wildman–Crippen MR) is 80.3 cm³/mol. The van der Waals surface area contributed by atoms with Gasteiger partial charge in [0.15, 0.2) is 0 Å². The molecule has 0 spiro atoms. The second kappa shape index (κ2) is 6.75. The van der Waals surface area contributed by atoms with Gasteiger partial charge in [-0.2, -0.15) is 5.26 Å². The highest BCUT2D eigenvalue weighted by Crippen LogP contribution is 2.32. The Balaban J connectivity index is 2.64. The van der Waals surface area contributed by atoms with Crippen LogP contribution in [0, 0.1) is 10.7 Å². The van der Waals surface area contributed by atoms with Gasteiger partial charge in [-0.3, -0.25) is 4.79 Å². The third kappa shape index (κ3) is 5.53. The fourth-order valence-corrected chi connectivity index (χ4v) is 4.31. The van der Waals surface area contributed by atoms with Gasteiger partial charge in [0.2, 0.25) is 5.91 Å². The number of thiocyanates is 1. The maximum Gasteiger partial charge on any atom is 0.237 e. The van der Waals surface area contributed by atoms with Crippen molar-refractivity contribution < 1.29 is 9.53 Å². The molecule has 1 fully saturated rings. The molecule has 108 valence electrons. The second-order valence-electron chi connectivity index (χ2n) is 6.16. The molecule has 0 aromatic rings. The first kappa shape index (κ1) is 16.5. The van der Waals surface area contributed by atoms with Crippen molar-refractivity contribution in [1.29, 1.82) is 5.26 Å². The molecule has 0 radical (unpaired) electrons. The predicted octanol–water partition coefficient (Wildman–Crippen LogP) is 1.49. The molecule has 1 unspecified atom stereocenters. The van der Waals surface area contributed by atoms with Gasteiger partial charge in [0.1, 0.15) is 10.3 Å². The van der Waals surface area contributed by atoms with Crippen LogP contribution >= 0.6 is 11.8 Å². The van der Waals surface area contributed by atoms with Crippen LogP contribution in [0.3, 0.4) is 0 Å². The third-order valence-electron chi connectivity index (χ3n) is 3.06. The molecule has 7 heteroatoms. The minimum atomic E-state index is -1.37. The van der Waals surface area contributed by atoms with Crippen molar-refractivity contribution in [1.82, 2.24) is 5.32 Å². The summed E-state index contributed by atoms with van der Waals surface area (Å²) < 4.78 is 5.30. The number of carbonyl (C=O) groups is 1. The van der Waals surface area contributed by atoms with Crippen LogP contribution in [-0.4, -0.2) is 38.1 Å². The first-order valence-electron chi connectivity index (χ1n) is 6.50. The van der Waals surface area contributed by atoms with E-state index in [1.807, 2.05) is 0 Å². The number of hydrogen-bond donors (Lipinski definition) is 2. The van der Waals surface area contributed by atoms with Crippen LogP contribution in [0.4, 0.5) is 0 Å². The molecule has 0 bridgehead atoms. The van der Waals surface area contributed by atoms with Gasteiger partial charge in [-0.05, 0) is 17.8 Å². The van der Waals surface area contributed by atoms with Crippen LogP contribution in [0.1, 0.15) is 12.8 Å². The zero-order valence-corrected chi connectivity index (χ0v) is 13.7. The van der Waals surface area contributed by atoms with E-state index in [1.54, 1.807) is 0 Å². The van der Waals surface area contributed by atoms with Crippen molar-refractivity contribution >= 4 is 25.7 Å². The summed E-state index contributed by atoms with van der Waals surface area (Å²) in [6.45, 7) is 7.70. The van der Waals surface area contributed by atoms with Crippen molar-refractivity contribution in [3.63, 3.8) is 0 Å². The standard InChI is InChI=1S/C12H23N3O2SSi/c1-19(2,3)8-10(14)11(16)15-12(18-9-13)4-6-17-7-5-12/h10H,4-8,14H2,1-3H3,(H,15,16). The SMILES string of the molecule is C[Si](C)(C)CC(N)C(=O)NC1(SC#N)CCOCC1. The molecule has 5 nitrogen and oxygen atoms in total. The molecule has 1 saturated heterocycles. The Hall–Kier alpha value is -0.553. The average Bonchev–Trinajstić information content (AvgIpc) is 2.28. The average molecular weight is 301 g/mol. The van der Waals surface area contributed by atoms with Gasteiger partial charge in [0.25, 0.3) is 0 Å². The topological polar surface area (TPSA) is 88.1 Å². The number of nitriles is 1. The lowest BCUT2D eigenvalue weighted by Crippen LogP contribution is -2.55. The van der Waals surface area contributed by atoms with E-state index in [9.17, 15) is 4.79 Å². The van der Waals surface area contributed by atoms with E-state index in [1.165, 1.54) is 0 Å². The summed E-state index contributed by atoms with van der Waals surface area (Å²) in [4.78, 5) is 11.7. The number of ether oxygens (including phenoxy) is 1. The van der Waals surface area contributed by atoms with Crippen molar-refractivity contribution in [3.05, 3.63) is 0 Å². The van der Waals surface area contributed by atoms with Gasteiger partial charge in [-0.25, -0.2) is 0 Å². The van der Waals surface area contributed by atoms with Crippen LogP contribution in [0.25, 0.3) is 0 Å². The van der Waals surface area contributed by atoms with Gasteiger partial charge in [-0.15, -0.1) is 0 Å². The number of rotatable bonds is 5. The number of nitrogens with two attached hydrogens (primary N) is 1. The second-order valence-corrected chi connectivity index (χ2v) is 12.9. The third-order valence-corrected chi connectivity index (χ3v) is 5.72. The minimum Gasteiger partial charge on any atom is -0.381 e. The Kier molecular flexibility index (Phi) is 5.86. The quantitative estimate of drug-likeness (QED) is 0.456. The van der Waals surface area contributed by atoms with Gasteiger partial charge >= 0.3 is 0 Å². The molecule has 0 aliphatic carbocycles. The summed E-state index contributed by atoms with van der Waals surface area (Å²) in [6, 6.07) is 0.272. The Labute approximate surface area is 120 Å². The van der Waals surface area contributed by atoms with Crippen molar-refractivity contribution in [2.75, 3.05) is 13.2 Å². The van der Waals surface area contributed by atoms with Crippen molar-refractivity contribution in [3.8, 4) is 5.40 Å². The smallest absolute Gasteiger partial charge is 0.237 e. The lowest BCUT2D eigenvalue weighted by Gasteiger charge is -2.36. The molecule has 1 amide bonds. The van der Waals surface area contributed by atoms with Crippen molar-refractivity contribution in [2.45, 2.75) is 49.4 Å². The lowest BCUT2D eigenvalue weighted by atomic mass is 10.1. The van der Waals surface area contributed by atoms with Crippen LogP contribution < -0.4 is 11.1 Å². The molecule has 0 aromatic heterocycles. The maximum atomic E-state index is 12.2. The van der Waals surface area contributed by atoms with Gasteiger partial charge < -0.3 is 15.8 Å². The van der Waals surface area contributed by atoms with Crippen LogP contribution in [0.5, 0.6) is 0 Å². The van der Waals surface area contributed by atoms with Crippen LogP contribution in [0.2, 0.25) is 25.7 Å². The molecule has 1 atom stereocenters. The van der Waals surface area contributed by atoms with E-state index in [4.69, 9.17) is 15.7 Å². The number of hydrogen-bond acceptors (Lipinski definition) is 5. The molecule has 1 aliphatic rings. The minimum absolute atomic E-state index is 0.146. The maximum absolute atomic E-state index is 12.2. The highest BCUT2D eigenvalue weighted by atomic mass is 32.2. The highest BCUT2D eigenvalue weighted by molar-refractivity contribution is 8.05. The first-order chi connectivity index (χ1) is 8.78. The molecule has 19 heavy (non-hydrogen) atoms. The zero-order valence-electron chi connectivity index (χ0n) is 11.9. The lowest BCUT2D eigenvalue weighted by molar-refractivity contribution is -0.123. The number of nitrogens with zero attached hydrogens (tertiary/aromatic N) is 1. The number of amides is 1. The molecular weight excluding hydrogens is 278 g/mol. The first-order valence-corrected chi connectivity index (χ1v) is 11.0. The monoisotopic (exact) mass is 301 g/mol. The van der Waals surface area contributed by atoms with E-state index < -0.39 is 19.0 Å². The molecule has 0 saturated carbocycles. The van der Waals surface area contributed by atoms with Crippen LogP contribution in [-0.2, 0) is 9.53 Å². The summed E-state index contributed by atoms with van der Waals surface area (Å²) in [5, 5.41) is 14.0. The zero-order chi connectivity index (χ0) is 14.5. The largest absolute Gasteiger partial charge is 0.381 e. The molecule has 0 aromatic carbocycles. The summed E-state index contributed by atoms with van der Waals surface area (Å²) >= 11 is 1.11. The van der Waals surface area contributed by atoms with E-state index in [2.05, 4.69) is 30.4 Å². The van der Waals surface area contributed by atoms with Gasteiger partial charge in [0.05, 0.1) is 6.04 Å². The fraction of sp³-hybridized carbons (Fsp3) is 0.833. The molecule has 1 heterocycles. The van der Waals surface area contributed by atoms with Crippen molar-refractivity contribution in [2.24, 2.45) is 5.73 Å². The Bertz CT molecular complexity index is 359. The molecule has 1 aliphatic heterocycles. The normalized spacial score (nSPS) is 20.4. The summed E-state index contributed by atoms with van der Waals surface area (Å²) in [5.41, 5.74) is 5.97. The Morgan fingerprint density at radius 2 is 2.11 bits per heavy atom. The molecule has 1 rings (SSSR count). The van der Waals surface area contributed by atoms with E-state index in [0.29, 0.717) is 26.1 Å². The van der Waals surface area contributed by atoms with E-state index in [0.717, 1.165) is 17.8 Å². The summed E-state index contributed by atoms with van der Waals surface area (Å²) in [7, 11) is -1.37. The fourth-order valence-electron chi connectivity index (χ4n) is 2.11. The highest BCUT2D eigenvalue weighted by Gasteiger charge is 2.37. The molecule has 3 N–H and O–H groups in total. The van der Waals surface area contributed by atoms with E-state index in [-0.39, 0.29) is 5.91 Å². The number of carbonyl (C=O) groups excluding carboxylic acids is 1. The molecular formula is C12H23N3O2SSi. The number of thioether (sulfide) groups is 1. The summed E-state index contributed by atoms with van der Waals surface area (Å²) in [5.74, 6) is -0.146.